The lowest BCUT2D eigenvalue weighted by Crippen LogP contribution is -2.45. The smallest absolute Gasteiger partial charge is 0.327 e. The Morgan fingerprint density at radius 2 is 1.91 bits per heavy atom. The Morgan fingerprint density at radius 1 is 1.27 bits per heavy atom. The van der Waals surface area contributed by atoms with Gasteiger partial charge in [0.2, 0.25) is 10.0 Å². The Morgan fingerprint density at radius 3 is 2.41 bits per heavy atom. The van der Waals surface area contributed by atoms with Crippen LogP contribution in [0.25, 0.3) is 0 Å². The molecule has 0 radical (unpaired) electrons. The van der Waals surface area contributed by atoms with Crippen LogP contribution in [0.5, 0.6) is 0 Å². The number of alkyl halides is 3. The highest BCUT2D eigenvalue weighted by Gasteiger charge is 2.36. The van der Waals surface area contributed by atoms with Crippen molar-refractivity contribution in [2.45, 2.75) is 30.0 Å². The van der Waals surface area contributed by atoms with Crippen molar-refractivity contribution < 1.29 is 26.0 Å². The summed E-state index contributed by atoms with van der Waals surface area (Å²) in [5.74, 6) is -1.61. The maximum absolute atomic E-state index is 13.5. The van der Waals surface area contributed by atoms with Gasteiger partial charge in [-0.15, -0.1) is 12.4 Å². The van der Waals surface area contributed by atoms with Crippen molar-refractivity contribution in [1.82, 2.24) is 4.31 Å². The normalized spacial score (nSPS) is 20.5. The molecule has 1 fully saturated rings. The second-order valence-corrected chi connectivity index (χ2v) is 6.84. The molecule has 1 unspecified atom stereocenters. The highest BCUT2D eigenvalue weighted by Crippen LogP contribution is 2.33. The fourth-order valence-electron chi connectivity index (χ4n) is 2.23. The van der Waals surface area contributed by atoms with Gasteiger partial charge in [-0.05, 0) is 31.0 Å². The second-order valence-electron chi connectivity index (χ2n) is 4.90. The number of hydrogen-bond donors (Lipinski definition) is 1. The number of sulfonamides is 1. The third kappa shape index (κ3) is 3.89. The van der Waals surface area contributed by atoms with E-state index < -0.39 is 32.5 Å². The van der Waals surface area contributed by atoms with E-state index in [1.807, 2.05) is 0 Å². The molecule has 1 heterocycles. The standard InChI is InChI=1S/C12H14F4N2O2S.ClH/c13-11-6-9(3-4-10(11)12(14,15)16)21(19,20)18-5-1-2-8(17)7-18;/h3-4,6,8H,1-2,5,7,17H2;1H. The van der Waals surface area contributed by atoms with Crippen molar-refractivity contribution in [3.05, 3.63) is 29.6 Å². The Bertz CT molecular complexity index is 637. The first-order chi connectivity index (χ1) is 9.62. The molecule has 0 saturated carbocycles. The zero-order valence-corrected chi connectivity index (χ0v) is 12.9. The minimum atomic E-state index is -4.86. The van der Waals surface area contributed by atoms with Crippen LogP contribution in [0.2, 0.25) is 0 Å². The predicted molar refractivity (Wildman–Crippen MR) is 74.6 cm³/mol. The maximum atomic E-state index is 13.5. The Kier molecular flexibility index (Phi) is 5.82. The van der Waals surface area contributed by atoms with Crippen LogP contribution in [0.1, 0.15) is 18.4 Å². The van der Waals surface area contributed by atoms with Crippen molar-refractivity contribution in [1.29, 1.82) is 0 Å². The number of nitrogens with two attached hydrogens (primary N) is 1. The number of hydrogen-bond acceptors (Lipinski definition) is 3. The molecule has 0 bridgehead atoms. The maximum Gasteiger partial charge on any atom is 0.419 e. The van der Waals surface area contributed by atoms with Gasteiger partial charge < -0.3 is 5.73 Å². The number of piperidine rings is 1. The van der Waals surface area contributed by atoms with Crippen LogP contribution in [0.4, 0.5) is 17.6 Å². The van der Waals surface area contributed by atoms with Crippen LogP contribution in [-0.2, 0) is 16.2 Å². The van der Waals surface area contributed by atoms with Gasteiger partial charge in [0.25, 0.3) is 0 Å². The van der Waals surface area contributed by atoms with Crippen LogP contribution in [0.3, 0.4) is 0 Å². The monoisotopic (exact) mass is 362 g/mol. The largest absolute Gasteiger partial charge is 0.419 e. The van der Waals surface area contributed by atoms with Crippen molar-refractivity contribution in [2.75, 3.05) is 13.1 Å². The molecular formula is C12H15ClF4N2O2S. The van der Waals surface area contributed by atoms with Crippen LogP contribution >= 0.6 is 12.4 Å². The third-order valence-electron chi connectivity index (χ3n) is 3.30. The molecule has 2 N–H and O–H groups in total. The Hall–Kier alpha value is -0.900. The van der Waals surface area contributed by atoms with Crippen LogP contribution in [0, 0.1) is 5.82 Å². The predicted octanol–water partition coefficient (Wildman–Crippen LogP) is 2.38. The first-order valence-electron chi connectivity index (χ1n) is 6.25. The summed E-state index contributed by atoms with van der Waals surface area (Å²) in [6.45, 7) is 0.295. The molecule has 0 aliphatic carbocycles. The average Bonchev–Trinajstić information content (AvgIpc) is 2.37. The van der Waals surface area contributed by atoms with E-state index in [4.69, 9.17) is 5.73 Å². The molecule has 1 atom stereocenters. The SMILES string of the molecule is Cl.NC1CCCN(S(=O)(=O)c2ccc(C(F)(F)F)c(F)c2)C1. The average molecular weight is 363 g/mol. The van der Waals surface area contributed by atoms with Crippen molar-refractivity contribution in [3.8, 4) is 0 Å². The van der Waals surface area contributed by atoms with Gasteiger partial charge in [-0.25, -0.2) is 12.8 Å². The molecule has 126 valence electrons. The minimum Gasteiger partial charge on any atom is -0.327 e. The molecular weight excluding hydrogens is 348 g/mol. The van der Waals surface area contributed by atoms with E-state index in [-0.39, 0.29) is 31.5 Å². The summed E-state index contributed by atoms with van der Waals surface area (Å²) in [5, 5.41) is 0. The first-order valence-corrected chi connectivity index (χ1v) is 7.69. The molecule has 4 nitrogen and oxygen atoms in total. The van der Waals surface area contributed by atoms with E-state index in [0.717, 1.165) is 10.4 Å². The second kappa shape index (κ2) is 6.69. The molecule has 0 aromatic heterocycles. The molecule has 10 heteroatoms. The summed E-state index contributed by atoms with van der Waals surface area (Å²) < 4.78 is 76.5. The Labute approximate surface area is 131 Å². The first kappa shape index (κ1) is 19.1. The molecule has 0 spiro atoms. The zero-order valence-electron chi connectivity index (χ0n) is 11.3. The molecule has 1 aliphatic heterocycles. The van der Waals surface area contributed by atoms with E-state index in [1.54, 1.807) is 0 Å². The highest BCUT2D eigenvalue weighted by molar-refractivity contribution is 7.89. The van der Waals surface area contributed by atoms with Gasteiger partial charge in [0.1, 0.15) is 5.82 Å². The summed E-state index contributed by atoms with van der Waals surface area (Å²) in [4.78, 5) is -0.498. The molecule has 1 saturated heterocycles. The summed E-state index contributed by atoms with van der Waals surface area (Å²) in [6.07, 6.45) is -3.63. The van der Waals surface area contributed by atoms with Crippen molar-refractivity contribution >= 4 is 22.4 Å². The lowest BCUT2D eigenvalue weighted by Gasteiger charge is -2.29. The summed E-state index contributed by atoms with van der Waals surface area (Å²) in [6, 6.07) is 1.28. The van der Waals surface area contributed by atoms with Gasteiger partial charge in [-0.3, -0.25) is 0 Å². The fraction of sp³-hybridized carbons (Fsp3) is 0.500. The third-order valence-corrected chi connectivity index (χ3v) is 5.17. The lowest BCUT2D eigenvalue weighted by molar-refractivity contribution is -0.140. The Balaban J connectivity index is 0.00000242. The van der Waals surface area contributed by atoms with Gasteiger partial charge in [0.15, 0.2) is 0 Å². The molecule has 1 aromatic rings. The lowest BCUT2D eigenvalue weighted by atomic mass is 10.1. The highest BCUT2D eigenvalue weighted by atomic mass is 35.5. The van der Waals surface area contributed by atoms with Gasteiger partial charge in [-0.2, -0.15) is 17.5 Å². The van der Waals surface area contributed by atoms with Crippen molar-refractivity contribution in [2.24, 2.45) is 5.73 Å². The van der Waals surface area contributed by atoms with E-state index in [9.17, 15) is 26.0 Å². The minimum absolute atomic E-state index is 0. The van der Waals surface area contributed by atoms with Gasteiger partial charge >= 0.3 is 6.18 Å². The summed E-state index contributed by atoms with van der Waals surface area (Å²) in [5.41, 5.74) is 4.19. The summed E-state index contributed by atoms with van der Waals surface area (Å²) >= 11 is 0. The van der Waals surface area contributed by atoms with E-state index in [2.05, 4.69) is 0 Å². The molecule has 0 amide bonds. The molecule has 1 aromatic carbocycles. The summed E-state index contributed by atoms with van der Waals surface area (Å²) in [7, 11) is -4.03. The van der Waals surface area contributed by atoms with Gasteiger partial charge in [-0.1, -0.05) is 0 Å². The van der Waals surface area contributed by atoms with E-state index in [1.165, 1.54) is 0 Å². The topological polar surface area (TPSA) is 63.4 Å². The quantitative estimate of drug-likeness (QED) is 0.822. The number of rotatable bonds is 2. The van der Waals surface area contributed by atoms with E-state index in [0.29, 0.717) is 25.0 Å². The number of nitrogens with zero attached hydrogens (tertiary/aromatic N) is 1. The molecule has 1 aliphatic rings. The van der Waals surface area contributed by atoms with Gasteiger partial charge in [0, 0.05) is 19.1 Å². The zero-order chi connectivity index (χ0) is 15.8. The molecule has 22 heavy (non-hydrogen) atoms. The number of benzene rings is 1. The number of halogens is 5. The fourth-order valence-corrected chi connectivity index (χ4v) is 3.78. The van der Waals surface area contributed by atoms with Crippen molar-refractivity contribution in [3.63, 3.8) is 0 Å². The van der Waals surface area contributed by atoms with Gasteiger partial charge in [0.05, 0.1) is 10.5 Å². The molecule has 2 rings (SSSR count). The van der Waals surface area contributed by atoms with Crippen LogP contribution in [0.15, 0.2) is 23.1 Å². The van der Waals surface area contributed by atoms with E-state index >= 15 is 0 Å². The van der Waals surface area contributed by atoms with Crippen LogP contribution < -0.4 is 5.73 Å². The van der Waals surface area contributed by atoms with Crippen LogP contribution in [-0.4, -0.2) is 31.9 Å².